The zero-order valence-corrected chi connectivity index (χ0v) is 13.3. The SMILES string of the molecule is CN(Cc1cccc(CN(C)C(CO)CO)n1)C(CO)CO. The van der Waals surface area contributed by atoms with Crippen LogP contribution in [0.3, 0.4) is 0 Å². The third-order valence-electron chi connectivity index (χ3n) is 3.78. The molecule has 7 nitrogen and oxygen atoms in total. The van der Waals surface area contributed by atoms with Crippen LogP contribution in [0.1, 0.15) is 11.4 Å². The number of pyridine rings is 1. The zero-order chi connectivity index (χ0) is 16.5. The van der Waals surface area contributed by atoms with E-state index in [1.807, 2.05) is 42.1 Å². The molecular formula is C15H27N3O4. The molecule has 1 aromatic heterocycles. The summed E-state index contributed by atoms with van der Waals surface area (Å²) in [6.45, 7) is 0.613. The maximum Gasteiger partial charge on any atom is 0.0609 e. The summed E-state index contributed by atoms with van der Waals surface area (Å²) in [5, 5.41) is 36.7. The Hall–Kier alpha value is -1.09. The molecule has 0 fully saturated rings. The second-order valence-electron chi connectivity index (χ2n) is 5.49. The van der Waals surface area contributed by atoms with Gasteiger partial charge in [0.2, 0.25) is 0 Å². The highest BCUT2D eigenvalue weighted by molar-refractivity contribution is 5.11. The minimum absolute atomic E-state index is 0.107. The van der Waals surface area contributed by atoms with Gasteiger partial charge >= 0.3 is 0 Å². The molecule has 0 bridgehead atoms. The Bertz CT molecular complexity index is 390. The summed E-state index contributed by atoms with van der Waals surface area (Å²) in [4.78, 5) is 8.24. The number of aliphatic hydroxyl groups excluding tert-OH is 4. The predicted octanol–water partition coefficient (Wildman–Crippen LogP) is -1.35. The Morgan fingerprint density at radius 1 is 0.818 bits per heavy atom. The molecule has 1 aromatic rings. The molecule has 0 saturated heterocycles. The van der Waals surface area contributed by atoms with Crippen LogP contribution < -0.4 is 0 Å². The molecule has 0 atom stereocenters. The lowest BCUT2D eigenvalue weighted by molar-refractivity contribution is 0.0849. The van der Waals surface area contributed by atoms with Gasteiger partial charge in [0.05, 0.1) is 49.9 Å². The maximum absolute atomic E-state index is 9.19. The molecule has 1 heterocycles. The van der Waals surface area contributed by atoms with Crippen LogP contribution in [0.4, 0.5) is 0 Å². The van der Waals surface area contributed by atoms with E-state index in [4.69, 9.17) is 0 Å². The summed E-state index contributed by atoms with van der Waals surface area (Å²) in [5.41, 5.74) is 1.68. The van der Waals surface area contributed by atoms with Crippen LogP contribution in [-0.2, 0) is 13.1 Å². The van der Waals surface area contributed by atoms with Crippen molar-refractivity contribution in [2.45, 2.75) is 25.2 Å². The monoisotopic (exact) mass is 313 g/mol. The van der Waals surface area contributed by atoms with E-state index < -0.39 is 0 Å². The summed E-state index contributed by atoms with van der Waals surface area (Å²) in [7, 11) is 3.65. The molecule has 0 aromatic carbocycles. The number of aromatic nitrogens is 1. The molecule has 0 aliphatic carbocycles. The van der Waals surface area contributed by atoms with Crippen molar-refractivity contribution in [1.29, 1.82) is 0 Å². The molecule has 22 heavy (non-hydrogen) atoms. The molecule has 1 rings (SSSR count). The van der Waals surface area contributed by atoms with Gasteiger partial charge in [-0.1, -0.05) is 6.07 Å². The fourth-order valence-corrected chi connectivity index (χ4v) is 2.15. The molecule has 0 unspecified atom stereocenters. The normalized spacial score (nSPS) is 12.1. The van der Waals surface area contributed by atoms with Crippen molar-refractivity contribution in [3.63, 3.8) is 0 Å². The summed E-state index contributed by atoms with van der Waals surface area (Å²) in [5.74, 6) is 0. The van der Waals surface area contributed by atoms with E-state index in [1.54, 1.807) is 0 Å². The molecule has 0 aliphatic rings. The first-order chi connectivity index (χ1) is 10.5. The maximum atomic E-state index is 9.19. The minimum atomic E-state index is -0.304. The number of nitrogens with zero attached hydrogens (tertiary/aromatic N) is 3. The van der Waals surface area contributed by atoms with Gasteiger partial charge in [-0.05, 0) is 26.2 Å². The lowest BCUT2D eigenvalue weighted by Gasteiger charge is -2.25. The second-order valence-corrected chi connectivity index (χ2v) is 5.49. The Labute approximate surface area is 131 Å². The third kappa shape index (κ3) is 5.60. The largest absolute Gasteiger partial charge is 0.395 e. The van der Waals surface area contributed by atoms with Crippen molar-refractivity contribution < 1.29 is 20.4 Å². The van der Waals surface area contributed by atoms with Crippen LogP contribution in [0.25, 0.3) is 0 Å². The molecule has 0 spiro atoms. The highest BCUT2D eigenvalue weighted by Crippen LogP contribution is 2.08. The lowest BCUT2D eigenvalue weighted by Crippen LogP contribution is -2.38. The number of hydrogen-bond acceptors (Lipinski definition) is 7. The fraction of sp³-hybridized carbons (Fsp3) is 0.667. The fourth-order valence-electron chi connectivity index (χ4n) is 2.15. The number of rotatable bonds is 10. The summed E-state index contributed by atoms with van der Waals surface area (Å²) >= 11 is 0. The van der Waals surface area contributed by atoms with Gasteiger partial charge in [0, 0.05) is 13.1 Å². The first-order valence-corrected chi connectivity index (χ1v) is 7.34. The van der Waals surface area contributed by atoms with Gasteiger partial charge < -0.3 is 20.4 Å². The summed E-state index contributed by atoms with van der Waals surface area (Å²) < 4.78 is 0. The van der Waals surface area contributed by atoms with Crippen LogP contribution in [0.5, 0.6) is 0 Å². The van der Waals surface area contributed by atoms with E-state index in [-0.39, 0.29) is 38.5 Å². The lowest BCUT2D eigenvalue weighted by atomic mass is 10.2. The first kappa shape index (κ1) is 19.0. The molecule has 7 heteroatoms. The van der Waals surface area contributed by atoms with Crippen molar-refractivity contribution in [2.75, 3.05) is 40.5 Å². The molecule has 0 radical (unpaired) electrons. The molecule has 0 saturated carbocycles. The highest BCUT2D eigenvalue weighted by Gasteiger charge is 2.15. The van der Waals surface area contributed by atoms with Crippen LogP contribution in [0.15, 0.2) is 18.2 Å². The third-order valence-corrected chi connectivity index (χ3v) is 3.78. The predicted molar refractivity (Wildman–Crippen MR) is 83.1 cm³/mol. The zero-order valence-electron chi connectivity index (χ0n) is 13.3. The van der Waals surface area contributed by atoms with Gasteiger partial charge in [-0.2, -0.15) is 0 Å². The van der Waals surface area contributed by atoms with E-state index in [2.05, 4.69) is 4.98 Å². The van der Waals surface area contributed by atoms with E-state index >= 15 is 0 Å². The minimum Gasteiger partial charge on any atom is -0.395 e. The van der Waals surface area contributed by atoms with Gasteiger partial charge in [-0.25, -0.2) is 0 Å². The Kier molecular flexibility index (Phi) is 8.47. The van der Waals surface area contributed by atoms with Gasteiger partial charge in [0.15, 0.2) is 0 Å². The van der Waals surface area contributed by atoms with Crippen LogP contribution >= 0.6 is 0 Å². The molecule has 0 amide bonds. The van der Waals surface area contributed by atoms with Crippen LogP contribution in [0, 0.1) is 0 Å². The number of likely N-dealkylation sites (N-methyl/N-ethyl adjacent to an activating group) is 2. The standard InChI is InChI=1S/C15H27N3O4/c1-17(14(8-19)9-20)6-12-4-3-5-13(16-12)7-18(2)15(10-21)11-22/h3-5,14-15,19-22H,6-11H2,1-2H3. The highest BCUT2D eigenvalue weighted by atomic mass is 16.3. The Balaban J connectivity index is 2.69. The molecule has 0 aliphatic heterocycles. The molecule has 4 N–H and O–H groups in total. The average molecular weight is 313 g/mol. The average Bonchev–Trinajstić information content (AvgIpc) is 2.50. The van der Waals surface area contributed by atoms with Gasteiger partial charge in [-0.3, -0.25) is 14.8 Å². The topological polar surface area (TPSA) is 100 Å². The van der Waals surface area contributed by atoms with E-state index in [1.165, 1.54) is 0 Å². The van der Waals surface area contributed by atoms with Crippen molar-refractivity contribution in [3.8, 4) is 0 Å². The molecular weight excluding hydrogens is 286 g/mol. The van der Waals surface area contributed by atoms with Gasteiger partial charge in [0.25, 0.3) is 0 Å². The van der Waals surface area contributed by atoms with Crippen LogP contribution in [0.2, 0.25) is 0 Å². The van der Waals surface area contributed by atoms with E-state index in [0.717, 1.165) is 11.4 Å². The van der Waals surface area contributed by atoms with Crippen molar-refractivity contribution >= 4 is 0 Å². The van der Waals surface area contributed by atoms with Gasteiger partial charge in [0.1, 0.15) is 0 Å². The van der Waals surface area contributed by atoms with Crippen molar-refractivity contribution in [2.24, 2.45) is 0 Å². The number of hydrogen-bond donors (Lipinski definition) is 4. The van der Waals surface area contributed by atoms with E-state index in [0.29, 0.717) is 13.1 Å². The van der Waals surface area contributed by atoms with Crippen molar-refractivity contribution in [1.82, 2.24) is 14.8 Å². The number of aliphatic hydroxyl groups is 4. The smallest absolute Gasteiger partial charge is 0.0609 e. The molecule has 126 valence electrons. The van der Waals surface area contributed by atoms with Crippen molar-refractivity contribution in [3.05, 3.63) is 29.6 Å². The first-order valence-electron chi connectivity index (χ1n) is 7.34. The van der Waals surface area contributed by atoms with Gasteiger partial charge in [-0.15, -0.1) is 0 Å². The Morgan fingerprint density at radius 2 is 1.18 bits per heavy atom. The second kappa shape index (κ2) is 9.83. The van der Waals surface area contributed by atoms with Crippen LogP contribution in [-0.4, -0.2) is 87.8 Å². The summed E-state index contributed by atoms with van der Waals surface area (Å²) in [6.07, 6.45) is 0. The quantitative estimate of drug-likeness (QED) is 0.424. The summed E-state index contributed by atoms with van der Waals surface area (Å²) in [6, 6.07) is 5.07. The Morgan fingerprint density at radius 3 is 1.50 bits per heavy atom. The van der Waals surface area contributed by atoms with E-state index in [9.17, 15) is 20.4 Å².